The molecule has 1 aliphatic carbocycles. The van der Waals surface area contributed by atoms with Crippen LogP contribution in [0.1, 0.15) is 40.8 Å². The Balaban J connectivity index is 1.86. The number of pyridine rings is 1. The highest BCUT2D eigenvalue weighted by molar-refractivity contribution is 9.10. The smallest absolute Gasteiger partial charge is 0.272 e. The van der Waals surface area contributed by atoms with E-state index in [1.54, 1.807) is 0 Å². The van der Waals surface area contributed by atoms with E-state index in [2.05, 4.69) is 30.8 Å². The van der Waals surface area contributed by atoms with E-state index in [0.29, 0.717) is 11.7 Å². The lowest BCUT2D eigenvalue weighted by molar-refractivity contribution is 0.101. The standard InChI is InChI=1S/C15H16BrN3O/c1-9-3-6-13(10(2)17-9)18-15(20)14-7-11(16)8-19(14)12-4-5-12/h3,6-8,12H,4-5H2,1-2H3,(H,18,20). The number of aromatic nitrogens is 2. The number of amides is 1. The van der Waals surface area contributed by atoms with Gasteiger partial charge in [-0.25, -0.2) is 0 Å². The monoisotopic (exact) mass is 333 g/mol. The highest BCUT2D eigenvalue weighted by Crippen LogP contribution is 2.37. The molecule has 0 bridgehead atoms. The molecular formula is C15H16BrN3O. The Kier molecular flexibility index (Phi) is 3.38. The van der Waals surface area contributed by atoms with E-state index in [1.807, 2.05) is 38.2 Å². The minimum absolute atomic E-state index is 0.0867. The third-order valence-corrected chi connectivity index (χ3v) is 3.90. The van der Waals surface area contributed by atoms with Crippen molar-refractivity contribution in [3.63, 3.8) is 0 Å². The molecule has 0 atom stereocenters. The van der Waals surface area contributed by atoms with Gasteiger partial charge >= 0.3 is 0 Å². The molecule has 0 aliphatic heterocycles. The van der Waals surface area contributed by atoms with Crippen LogP contribution >= 0.6 is 15.9 Å². The van der Waals surface area contributed by atoms with Gasteiger partial charge in [0.25, 0.3) is 5.91 Å². The van der Waals surface area contributed by atoms with Crippen molar-refractivity contribution in [3.8, 4) is 0 Å². The van der Waals surface area contributed by atoms with E-state index >= 15 is 0 Å². The molecule has 1 fully saturated rings. The van der Waals surface area contributed by atoms with Gasteiger partial charge in [-0.1, -0.05) is 0 Å². The second-order valence-electron chi connectivity index (χ2n) is 5.22. The molecule has 3 rings (SSSR count). The van der Waals surface area contributed by atoms with Gasteiger partial charge < -0.3 is 9.88 Å². The van der Waals surface area contributed by atoms with Gasteiger partial charge in [0, 0.05) is 22.4 Å². The van der Waals surface area contributed by atoms with Crippen molar-refractivity contribution in [3.05, 3.63) is 46.0 Å². The number of carbonyl (C=O) groups excluding carboxylic acids is 1. The summed E-state index contributed by atoms with van der Waals surface area (Å²) in [6.07, 6.45) is 4.27. The zero-order chi connectivity index (χ0) is 14.3. The summed E-state index contributed by atoms with van der Waals surface area (Å²) in [6.45, 7) is 3.84. The van der Waals surface area contributed by atoms with Gasteiger partial charge in [0.05, 0.1) is 11.4 Å². The molecule has 0 saturated heterocycles. The first-order valence-electron chi connectivity index (χ1n) is 6.67. The predicted octanol–water partition coefficient (Wildman–Crippen LogP) is 3.85. The molecule has 1 amide bonds. The molecule has 1 aliphatic rings. The van der Waals surface area contributed by atoms with Crippen LogP contribution in [-0.2, 0) is 0 Å². The minimum atomic E-state index is -0.0867. The summed E-state index contributed by atoms with van der Waals surface area (Å²) in [5.41, 5.74) is 3.24. The number of carbonyl (C=O) groups is 1. The first kappa shape index (κ1) is 13.4. The Morgan fingerprint density at radius 2 is 2.15 bits per heavy atom. The minimum Gasteiger partial charge on any atom is -0.339 e. The number of hydrogen-bond donors (Lipinski definition) is 1. The number of anilines is 1. The lowest BCUT2D eigenvalue weighted by atomic mass is 10.2. The molecule has 20 heavy (non-hydrogen) atoms. The fraction of sp³-hybridized carbons (Fsp3) is 0.333. The van der Waals surface area contributed by atoms with Gasteiger partial charge in [0.1, 0.15) is 5.69 Å². The molecule has 4 nitrogen and oxygen atoms in total. The van der Waals surface area contributed by atoms with Gasteiger partial charge in [0.15, 0.2) is 0 Å². The summed E-state index contributed by atoms with van der Waals surface area (Å²) in [5.74, 6) is -0.0867. The first-order valence-corrected chi connectivity index (χ1v) is 7.47. The summed E-state index contributed by atoms with van der Waals surface area (Å²) < 4.78 is 2.99. The Morgan fingerprint density at radius 1 is 1.40 bits per heavy atom. The molecule has 0 unspecified atom stereocenters. The Morgan fingerprint density at radius 3 is 2.80 bits per heavy atom. The lowest BCUT2D eigenvalue weighted by Crippen LogP contribution is -2.17. The quantitative estimate of drug-likeness (QED) is 0.927. The number of nitrogens with one attached hydrogen (secondary N) is 1. The Labute approximate surface area is 126 Å². The molecule has 104 valence electrons. The second kappa shape index (κ2) is 5.05. The van der Waals surface area contributed by atoms with E-state index < -0.39 is 0 Å². The van der Waals surface area contributed by atoms with Crippen LogP contribution in [0.2, 0.25) is 0 Å². The van der Waals surface area contributed by atoms with Crippen molar-refractivity contribution in [1.29, 1.82) is 0 Å². The van der Waals surface area contributed by atoms with E-state index in [9.17, 15) is 4.79 Å². The molecule has 2 heterocycles. The molecule has 1 N–H and O–H groups in total. The van der Waals surface area contributed by atoms with Gasteiger partial charge in [-0.2, -0.15) is 0 Å². The van der Waals surface area contributed by atoms with E-state index in [-0.39, 0.29) is 5.91 Å². The maximum absolute atomic E-state index is 12.4. The molecule has 0 aromatic carbocycles. The lowest BCUT2D eigenvalue weighted by Gasteiger charge is -2.10. The zero-order valence-electron chi connectivity index (χ0n) is 11.5. The van der Waals surface area contributed by atoms with Crippen LogP contribution in [-0.4, -0.2) is 15.5 Å². The number of halogens is 1. The van der Waals surface area contributed by atoms with Crippen LogP contribution in [0.5, 0.6) is 0 Å². The molecular weight excluding hydrogens is 318 g/mol. The van der Waals surface area contributed by atoms with Crippen molar-refractivity contribution >= 4 is 27.5 Å². The van der Waals surface area contributed by atoms with Crippen molar-refractivity contribution in [2.45, 2.75) is 32.7 Å². The summed E-state index contributed by atoms with van der Waals surface area (Å²) >= 11 is 3.44. The third-order valence-electron chi connectivity index (χ3n) is 3.46. The van der Waals surface area contributed by atoms with Crippen molar-refractivity contribution in [1.82, 2.24) is 9.55 Å². The van der Waals surface area contributed by atoms with Crippen LogP contribution in [0.25, 0.3) is 0 Å². The van der Waals surface area contributed by atoms with E-state index in [0.717, 1.165) is 34.4 Å². The van der Waals surface area contributed by atoms with E-state index in [1.165, 1.54) is 0 Å². The number of rotatable bonds is 3. The van der Waals surface area contributed by atoms with Crippen molar-refractivity contribution < 1.29 is 4.79 Å². The third kappa shape index (κ3) is 2.63. The van der Waals surface area contributed by atoms with Crippen LogP contribution in [0, 0.1) is 13.8 Å². The molecule has 2 aromatic rings. The van der Waals surface area contributed by atoms with Crippen molar-refractivity contribution in [2.75, 3.05) is 5.32 Å². The van der Waals surface area contributed by atoms with Gasteiger partial charge in [0.2, 0.25) is 0 Å². The SMILES string of the molecule is Cc1ccc(NC(=O)c2cc(Br)cn2C2CC2)c(C)n1. The van der Waals surface area contributed by atoms with Crippen LogP contribution in [0.4, 0.5) is 5.69 Å². The number of nitrogens with zero attached hydrogens (tertiary/aromatic N) is 2. The zero-order valence-corrected chi connectivity index (χ0v) is 13.1. The van der Waals surface area contributed by atoms with Gasteiger partial charge in [-0.3, -0.25) is 9.78 Å². The molecule has 1 saturated carbocycles. The van der Waals surface area contributed by atoms with Crippen molar-refractivity contribution in [2.24, 2.45) is 0 Å². The normalized spacial score (nSPS) is 14.3. The average molecular weight is 334 g/mol. The van der Waals surface area contributed by atoms with Gasteiger partial charge in [-0.05, 0) is 60.8 Å². The Bertz CT molecular complexity index is 674. The van der Waals surface area contributed by atoms with Gasteiger partial charge in [-0.15, -0.1) is 0 Å². The van der Waals surface area contributed by atoms with Crippen LogP contribution in [0.15, 0.2) is 28.9 Å². The number of aryl methyl sites for hydroxylation is 2. The fourth-order valence-electron chi connectivity index (χ4n) is 2.29. The molecule has 5 heteroatoms. The largest absolute Gasteiger partial charge is 0.339 e. The van der Waals surface area contributed by atoms with Crippen LogP contribution in [0.3, 0.4) is 0 Å². The van der Waals surface area contributed by atoms with Crippen LogP contribution < -0.4 is 5.32 Å². The topological polar surface area (TPSA) is 46.9 Å². The molecule has 0 spiro atoms. The fourth-order valence-corrected chi connectivity index (χ4v) is 2.72. The summed E-state index contributed by atoms with van der Waals surface area (Å²) in [7, 11) is 0. The summed E-state index contributed by atoms with van der Waals surface area (Å²) in [4.78, 5) is 16.8. The average Bonchev–Trinajstić information content (AvgIpc) is 3.16. The predicted molar refractivity (Wildman–Crippen MR) is 82.1 cm³/mol. The highest BCUT2D eigenvalue weighted by Gasteiger charge is 2.27. The Hall–Kier alpha value is -1.62. The maximum atomic E-state index is 12.4. The van der Waals surface area contributed by atoms with E-state index in [4.69, 9.17) is 0 Å². The second-order valence-corrected chi connectivity index (χ2v) is 6.14. The molecule has 0 radical (unpaired) electrons. The first-order chi connectivity index (χ1) is 9.54. The maximum Gasteiger partial charge on any atom is 0.272 e. The summed E-state index contributed by atoms with van der Waals surface area (Å²) in [5, 5.41) is 2.95. The number of hydrogen-bond acceptors (Lipinski definition) is 2. The molecule has 2 aromatic heterocycles. The summed E-state index contributed by atoms with van der Waals surface area (Å²) in [6, 6.07) is 6.14. The highest BCUT2D eigenvalue weighted by atomic mass is 79.9.